The van der Waals surface area contributed by atoms with E-state index in [-0.39, 0.29) is 5.56 Å². The van der Waals surface area contributed by atoms with Crippen LogP contribution < -0.4 is 0 Å². The zero-order chi connectivity index (χ0) is 12.9. The van der Waals surface area contributed by atoms with Gasteiger partial charge in [0.1, 0.15) is 0 Å². The van der Waals surface area contributed by atoms with Crippen molar-refractivity contribution in [2.75, 3.05) is 5.88 Å². The molecule has 0 aliphatic carbocycles. The summed E-state index contributed by atoms with van der Waals surface area (Å²) in [5.41, 5.74) is -0.225. The molecule has 0 aromatic heterocycles. The molecule has 1 nitrogen and oxygen atoms in total. The monoisotopic (exact) mass is 262 g/mol. The Balaban J connectivity index is 3.07. The molecular formula is C12H10ClF3O. The molecule has 1 aromatic rings. The molecule has 0 aliphatic rings. The molecule has 1 N–H and O–H groups in total. The maximum atomic E-state index is 12.4. The van der Waals surface area contributed by atoms with Crippen LogP contribution in [-0.4, -0.2) is 11.0 Å². The summed E-state index contributed by atoms with van der Waals surface area (Å²) >= 11 is 5.43. The second-order valence-corrected chi connectivity index (χ2v) is 3.65. The normalized spacial score (nSPS) is 10.9. The van der Waals surface area contributed by atoms with E-state index < -0.39 is 18.3 Å². The highest BCUT2D eigenvalue weighted by atomic mass is 35.5. The second kappa shape index (κ2) is 5.95. The van der Waals surface area contributed by atoms with E-state index in [1.807, 2.05) is 0 Å². The summed E-state index contributed by atoms with van der Waals surface area (Å²) in [6, 6.07) is 3.12. The van der Waals surface area contributed by atoms with Crippen LogP contribution in [0.4, 0.5) is 13.2 Å². The van der Waals surface area contributed by atoms with Crippen molar-refractivity contribution in [3.05, 3.63) is 34.9 Å². The number of aliphatic hydroxyl groups excluding tert-OH is 1. The molecule has 0 amide bonds. The summed E-state index contributed by atoms with van der Waals surface area (Å²) in [5.74, 6) is 5.76. The minimum atomic E-state index is -4.41. The lowest BCUT2D eigenvalue weighted by Crippen LogP contribution is -2.06. The highest BCUT2D eigenvalue weighted by molar-refractivity contribution is 6.18. The van der Waals surface area contributed by atoms with Crippen molar-refractivity contribution in [1.29, 1.82) is 0 Å². The average Bonchev–Trinajstić information content (AvgIpc) is 2.28. The molecule has 17 heavy (non-hydrogen) atoms. The molecule has 0 aliphatic heterocycles. The van der Waals surface area contributed by atoms with E-state index >= 15 is 0 Å². The third-order valence-electron chi connectivity index (χ3n) is 2.05. The minimum Gasteiger partial charge on any atom is -0.392 e. The molecule has 0 saturated heterocycles. The van der Waals surface area contributed by atoms with Gasteiger partial charge in [0.15, 0.2) is 0 Å². The third kappa shape index (κ3) is 3.95. The van der Waals surface area contributed by atoms with Crippen molar-refractivity contribution in [1.82, 2.24) is 0 Å². The topological polar surface area (TPSA) is 20.2 Å². The van der Waals surface area contributed by atoms with Crippen LogP contribution in [0.2, 0.25) is 0 Å². The first kappa shape index (κ1) is 13.9. The number of halogens is 4. The van der Waals surface area contributed by atoms with Gasteiger partial charge in [-0.05, 0) is 23.8 Å². The summed E-state index contributed by atoms with van der Waals surface area (Å²) in [7, 11) is 0. The second-order valence-electron chi connectivity index (χ2n) is 3.27. The smallest absolute Gasteiger partial charge is 0.392 e. The molecule has 0 radical (unpaired) electrons. The highest BCUT2D eigenvalue weighted by Crippen LogP contribution is 2.30. The fourth-order valence-electron chi connectivity index (χ4n) is 1.23. The number of hydrogen-bond donors (Lipinski definition) is 1. The van der Waals surface area contributed by atoms with Crippen LogP contribution in [-0.2, 0) is 12.8 Å². The van der Waals surface area contributed by atoms with Gasteiger partial charge in [-0.15, -0.1) is 11.6 Å². The Morgan fingerprint density at radius 2 is 2.00 bits per heavy atom. The van der Waals surface area contributed by atoms with Crippen LogP contribution in [0.5, 0.6) is 0 Å². The molecule has 1 aromatic carbocycles. The van der Waals surface area contributed by atoms with Gasteiger partial charge in [-0.1, -0.05) is 11.8 Å². The van der Waals surface area contributed by atoms with E-state index in [4.69, 9.17) is 16.7 Å². The molecule has 0 atom stereocenters. The molecule has 0 spiro atoms. The van der Waals surface area contributed by atoms with Crippen molar-refractivity contribution >= 4 is 11.6 Å². The minimum absolute atomic E-state index is 0.168. The summed E-state index contributed by atoms with van der Waals surface area (Å²) < 4.78 is 37.2. The Morgan fingerprint density at radius 3 is 2.53 bits per heavy atom. The van der Waals surface area contributed by atoms with Crippen LogP contribution in [0.3, 0.4) is 0 Å². The molecule has 0 heterocycles. The Hall–Kier alpha value is -1.18. The molecular weight excluding hydrogens is 253 g/mol. The Morgan fingerprint density at radius 1 is 1.29 bits per heavy atom. The number of rotatable bonds is 2. The molecule has 5 heteroatoms. The van der Waals surface area contributed by atoms with E-state index in [9.17, 15) is 13.2 Å². The van der Waals surface area contributed by atoms with E-state index in [0.29, 0.717) is 17.9 Å². The molecule has 0 unspecified atom stereocenters. The molecule has 0 bridgehead atoms. The molecule has 0 saturated carbocycles. The maximum Gasteiger partial charge on any atom is 0.416 e. The first-order chi connectivity index (χ1) is 7.99. The van der Waals surface area contributed by atoms with Crippen molar-refractivity contribution in [3.63, 3.8) is 0 Å². The molecule has 92 valence electrons. The number of benzene rings is 1. The third-order valence-corrected chi connectivity index (χ3v) is 2.23. The fourth-order valence-corrected chi connectivity index (χ4v) is 1.32. The van der Waals surface area contributed by atoms with Gasteiger partial charge in [0, 0.05) is 17.9 Å². The van der Waals surface area contributed by atoms with Gasteiger partial charge < -0.3 is 5.11 Å². The first-order valence-corrected chi connectivity index (χ1v) is 5.38. The summed E-state index contributed by atoms with van der Waals surface area (Å²) in [6.07, 6.45) is -3.96. The Kier molecular flexibility index (Phi) is 4.86. The SMILES string of the molecule is OCc1cc(C(F)(F)F)ccc1C#CCCCl. The summed E-state index contributed by atoms with van der Waals surface area (Å²) in [4.78, 5) is 0. The van der Waals surface area contributed by atoms with Crippen LogP contribution in [0.25, 0.3) is 0 Å². The molecule has 0 fully saturated rings. The van der Waals surface area contributed by atoms with Crippen molar-refractivity contribution in [2.45, 2.75) is 19.2 Å². The standard InChI is InChI=1S/C12H10ClF3O/c13-6-2-1-3-9-4-5-11(12(14,15)16)7-10(9)8-17/h4-5,7,17H,2,6,8H2. The van der Waals surface area contributed by atoms with E-state index in [1.165, 1.54) is 6.07 Å². The van der Waals surface area contributed by atoms with Crippen molar-refractivity contribution in [2.24, 2.45) is 0 Å². The lowest BCUT2D eigenvalue weighted by atomic mass is 10.0. The number of aliphatic hydroxyl groups is 1. The van der Waals surface area contributed by atoms with E-state index in [1.54, 1.807) is 0 Å². The van der Waals surface area contributed by atoms with Gasteiger partial charge >= 0.3 is 6.18 Å². The lowest BCUT2D eigenvalue weighted by Gasteiger charge is -2.09. The quantitative estimate of drug-likeness (QED) is 0.641. The highest BCUT2D eigenvalue weighted by Gasteiger charge is 2.30. The summed E-state index contributed by atoms with van der Waals surface area (Å²) in [6.45, 7) is -0.477. The van der Waals surface area contributed by atoms with Crippen LogP contribution in [0.1, 0.15) is 23.1 Å². The van der Waals surface area contributed by atoms with Crippen LogP contribution >= 0.6 is 11.6 Å². The van der Waals surface area contributed by atoms with Crippen molar-refractivity contribution in [3.8, 4) is 11.8 Å². The van der Waals surface area contributed by atoms with Crippen LogP contribution in [0, 0.1) is 11.8 Å². The van der Waals surface area contributed by atoms with Gasteiger partial charge in [0.05, 0.1) is 12.2 Å². The largest absolute Gasteiger partial charge is 0.416 e. The van der Waals surface area contributed by atoms with Gasteiger partial charge in [-0.25, -0.2) is 0 Å². The fraction of sp³-hybridized carbons (Fsp3) is 0.333. The van der Waals surface area contributed by atoms with Crippen molar-refractivity contribution < 1.29 is 18.3 Å². The zero-order valence-electron chi connectivity index (χ0n) is 8.81. The molecule has 1 rings (SSSR count). The van der Waals surface area contributed by atoms with E-state index in [2.05, 4.69) is 11.8 Å². The number of alkyl halides is 4. The van der Waals surface area contributed by atoms with Crippen LogP contribution in [0.15, 0.2) is 18.2 Å². The van der Waals surface area contributed by atoms with Gasteiger partial charge in [-0.2, -0.15) is 13.2 Å². The summed E-state index contributed by atoms with van der Waals surface area (Å²) in [5, 5.41) is 9.00. The van der Waals surface area contributed by atoms with Gasteiger partial charge in [0.2, 0.25) is 0 Å². The Labute approximate surface area is 102 Å². The zero-order valence-corrected chi connectivity index (χ0v) is 9.57. The van der Waals surface area contributed by atoms with E-state index in [0.717, 1.165) is 12.1 Å². The maximum absolute atomic E-state index is 12.4. The predicted molar refractivity (Wildman–Crippen MR) is 59.6 cm³/mol. The van der Waals surface area contributed by atoms with Gasteiger partial charge in [0.25, 0.3) is 0 Å². The Bertz CT molecular complexity index is 443. The predicted octanol–water partition coefficient (Wildman–Crippen LogP) is 3.18. The van der Waals surface area contributed by atoms with Gasteiger partial charge in [-0.3, -0.25) is 0 Å². The average molecular weight is 263 g/mol. The number of hydrogen-bond acceptors (Lipinski definition) is 1. The lowest BCUT2D eigenvalue weighted by molar-refractivity contribution is -0.137. The first-order valence-electron chi connectivity index (χ1n) is 4.85.